The van der Waals surface area contributed by atoms with E-state index < -0.39 is 0 Å². The smallest absolute Gasteiger partial charge is 0.0371 e. The zero-order valence-electron chi connectivity index (χ0n) is 10.9. The fourth-order valence-corrected chi connectivity index (χ4v) is 3.30. The van der Waals surface area contributed by atoms with Gasteiger partial charge in [0.2, 0.25) is 0 Å². The van der Waals surface area contributed by atoms with Gasteiger partial charge in [-0.05, 0) is 49.9 Å². The van der Waals surface area contributed by atoms with Crippen molar-refractivity contribution in [1.82, 2.24) is 0 Å². The molecule has 0 aliphatic carbocycles. The largest absolute Gasteiger partial charge is 0.369 e. The van der Waals surface area contributed by atoms with Crippen LogP contribution in [0.4, 0.5) is 5.69 Å². The van der Waals surface area contributed by atoms with Gasteiger partial charge in [0.1, 0.15) is 0 Å². The molecule has 0 saturated carbocycles. The highest BCUT2D eigenvalue weighted by Crippen LogP contribution is 2.26. The van der Waals surface area contributed by atoms with Gasteiger partial charge in [0.05, 0.1) is 0 Å². The van der Waals surface area contributed by atoms with Crippen molar-refractivity contribution in [3.8, 4) is 0 Å². The fourth-order valence-electron chi connectivity index (χ4n) is 2.67. The molecule has 1 unspecified atom stereocenters. The second-order valence-corrected chi connectivity index (χ2v) is 5.70. The molecule has 1 aliphatic heterocycles. The van der Waals surface area contributed by atoms with Gasteiger partial charge in [0, 0.05) is 23.6 Å². The Morgan fingerprint density at radius 1 is 1.29 bits per heavy atom. The molecule has 1 aromatic carbocycles. The number of rotatable bonds is 2. The fraction of sp³-hybridized carbons (Fsp3) is 0.600. The number of halogens is 1. The van der Waals surface area contributed by atoms with Crippen LogP contribution < -0.4 is 4.90 Å². The van der Waals surface area contributed by atoms with Crippen molar-refractivity contribution in [2.75, 3.05) is 11.4 Å². The van der Waals surface area contributed by atoms with E-state index in [0.29, 0.717) is 6.04 Å². The number of alkyl halides is 1. The minimum Gasteiger partial charge on any atom is -0.369 e. The summed E-state index contributed by atoms with van der Waals surface area (Å²) in [7, 11) is 0. The Bertz CT molecular complexity index is 375. The number of nitrogens with zero attached hydrogens (tertiary/aromatic N) is 1. The van der Waals surface area contributed by atoms with Crippen molar-refractivity contribution in [2.45, 2.75) is 50.9 Å². The molecular formula is C15H22BrN. The van der Waals surface area contributed by atoms with Crippen LogP contribution in [-0.2, 0) is 5.33 Å². The topological polar surface area (TPSA) is 3.24 Å². The van der Waals surface area contributed by atoms with Crippen molar-refractivity contribution in [1.29, 1.82) is 0 Å². The Kier molecular flexibility index (Phi) is 4.49. The maximum atomic E-state index is 3.54. The summed E-state index contributed by atoms with van der Waals surface area (Å²) >= 11 is 3.54. The van der Waals surface area contributed by atoms with Crippen molar-refractivity contribution in [3.63, 3.8) is 0 Å². The minimum absolute atomic E-state index is 0.687. The molecule has 1 aliphatic rings. The van der Waals surface area contributed by atoms with Crippen LogP contribution in [-0.4, -0.2) is 12.6 Å². The van der Waals surface area contributed by atoms with Crippen LogP contribution >= 0.6 is 15.9 Å². The molecule has 2 heteroatoms. The summed E-state index contributed by atoms with van der Waals surface area (Å²) in [6, 6.07) is 7.58. The van der Waals surface area contributed by atoms with Crippen LogP contribution in [0.3, 0.4) is 0 Å². The minimum atomic E-state index is 0.687. The molecule has 2 rings (SSSR count). The molecule has 1 saturated heterocycles. The predicted octanol–water partition coefficient (Wildman–Crippen LogP) is 4.66. The van der Waals surface area contributed by atoms with Gasteiger partial charge in [-0.2, -0.15) is 0 Å². The van der Waals surface area contributed by atoms with Gasteiger partial charge in [-0.3, -0.25) is 0 Å². The van der Waals surface area contributed by atoms with Gasteiger partial charge in [-0.1, -0.05) is 34.8 Å². The van der Waals surface area contributed by atoms with Crippen molar-refractivity contribution in [2.24, 2.45) is 0 Å². The van der Waals surface area contributed by atoms with Crippen LogP contribution in [0.25, 0.3) is 0 Å². The molecule has 0 amide bonds. The summed E-state index contributed by atoms with van der Waals surface area (Å²) in [6.07, 6.45) is 5.44. The van der Waals surface area contributed by atoms with E-state index in [4.69, 9.17) is 0 Å². The lowest BCUT2D eigenvalue weighted by atomic mass is 10.1. The highest BCUT2D eigenvalue weighted by atomic mass is 79.9. The number of hydrogen-bond donors (Lipinski definition) is 0. The first-order valence-electron chi connectivity index (χ1n) is 6.64. The third-order valence-electron chi connectivity index (χ3n) is 3.85. The van der Waals surface area contributed by atoms with Crippen LogP contribution in [0.15, 0.2) is 18.2 Å². The van der Waals surface area contributed by atoms with Gasteiger partial charge in [0.15, 0.2) is 0 Å². The van der Waals surface area contributed by atoms with Crippen LogP contribution in [0.1, 0.15) is 43.7 Å². The molecule has 1 aromatic rings. The molecule has 0 bridgehead atoms. The van der Waals surface area contributed by atoms with Gasteiger partial charge >= 0.3 is 0 Å². The summed E-state index contributed by atoms with van der Waals surface area (Å²) in [4.78, 5) is 2.58. The van der Waals surface area contributed by atoms with E-state index in [-0.39, 0.29) is 0 Å². The third kappa shape index (κ3) is 3.04. The SMILES string of the molecule is Cc1cc(N2CCCCCC2C)ccc1CBr. The molecule has 0 aromatic heterocycles. The number of anilines is 1. The average molecular weight is 296 g/mol. The maximum Gasteiger partial charge on any atom is 0.0371 e. The van der Waals surface area contributed by atoms with Crippen LogP contribution in [0.2, 0.25) is 0 Å². The molecule has 1 fully saturated rings. The lowest BCUT2D eigenvalue weighted by molar-refractivity contribution is 0.616. The number of aryl methyl sites for hydroxylation is 1. The first-order chi connectivity index (χ1) is 8.22. The lowest BCUT2D eigenvalue weighted by Crippen LogP contribution is -2.32. The standard InChI is InChI=1S/C15H22BrN/c1-12-10-15(8-7-14(12)11-16)17-9-5-3-4-6-13(17)2/h7-8,10,13H,3-6,9,11H2,1-2H3. The van der Waals surface area contributed by atoms with Crippen molar-refractivity contribution in [3.05, 3.63) is 29.3 Å². The maximum absolute atomic E-state index is 3.54. The van der Waals surface area contributed by atoms with E-state index in [1.807, 2.05) is 0 Å². The summed E-state index contributed by atoms with van der Waals surface area (Å²) in [5.74, 6) is 0. The van der Waals surface area contributed by atoms with Crippen LogP contribution in [0.5, 0.6) is 0 Å². The Balaban J connectivity index is 2.22. The van der Waals surface area contributed by atoms with Gasteiger partial charge in [-0.15, -0.1) is 0 Å². The Morgan fingerprint density at radius 3 is 2.82 bits per heavy atom. The normalized spacial score (nSPS) is 21.4. The molecule has 17 heavy (non-hydrogen) atoms. The van der Waals surface area contributed by atoms with E-state index in [2.05, 4.69) is 52.9 Å². The number of hydrogen-bond acceptors (Lipinski definition) is 1. The Labute approximate surface area is 113 Å². The van der Waals surface area contributed by atoms with Gasteiger partial charge < -0.3 is 4.90 Å². The summed E-state index contributed by atoms with van der Waals surface area (Å²) in [5.41, 5.74) is 4.20. The molecule has 1 heterocycles. The molecular weight excluding hydrogens is 274 g/mol. The van der Waals surface area contributed by atoms with E-state index in [0.717, 1.165) is 5.33 Å². The van der Waals surface area contributed by atoms with E-state index in [9.17, 15) is 0 Å². The zero-order chi connectivity index (χ0) is 12.3. The van der Waals surface area contributed by atoms with Gasteiger partial charge in [-0.25, -0.2) is 0 Å². The highest BCUT2D eigenvalue weighted by Gasteiger charge is 2.17. The second-order valence-electron chi connectivity index (χ2n) is 5.14. The van der Waals surface area contributed by atoms with E-state index in [1.54, 1.807) is 0 Å². The second kappa shape index (κ2) is 5.90. The lowest BCUT2D eigenvalue weighted by Gasteiger charge is -2.30. The molecule has 1 atom stereocenters. The highest BCUT2D eigenvalue weighted by molar-refractivity contribution is 9.08. The van der Waals surface area contributed by atoms with Crippen LogP contribution in [0, 0.1) is 6.92 Å². The van der Waals surface area contributed by atoms with Gasteiger partial charge in [0.25, 0.3) is 0 Å². The summed E-state index contributed by atoms with van der Waals surface area (Å²) in [5, 5.41) is 0.953. The summed E-state index contributed by atoms with van der Waals surface area (Å²) in [6.45, 7) is 5.79. The van der Waals surface area contributed by atoms with E-state index in [1.165, 1.54) is 49.0 Å². The molecule has 0 N–H and O–H groups in total. The Hall–Kier alpha value is -0.500. The average Bonchev–Trinajstić information content (AvgIpc) is 2.54. The molecule has 94 valence electrons. The van der Waals surface area contributed by atoms with E-state index >= 15 is 0 Å². The number of benzene rings is 1. The summed E-state index contributed by atoms with van der Waals surface area (Å²) < 4.78 is 0. The Morgan fingerprint density at radius 2 is 2.12 bits per heavy atom. The quantitative estimate of drug-likeness (QED) is 0.717. The first kappa shape index (κ1) is 12.9. The molecule has 0 spiro atoms. The molecule has 1 nitrogen and oxygen atoms in total. The third-order valence-corrected chi connectivity index (χ3v) is 4.46. The van der Waals surface area contributed by atoms with Crippen molar-refractivity contribution < 1.29 is 0 Å². The molecule has 0 radical (unpaired) electrons. The zero-order valence-corrected chi connectivity index (χ0v) is 12.5. The van der Waals surface area contributed by atoms with Crippen molar-refractivity contribution >= 4 is 21.6 Å². The monoisotopic (exact) mass is 295 g/mol. The first-order valence-corrected chi connectivity index (χ1v) is 7.76. The predicted molar refractivity (Wildman–Crippen MR) is 79.1 cm³/mol.